The van der Waals surface area contributed by atoms with Gasteiger partial charge in [0.15, 0.2) is 0 Å². The van der Waals surface area contributed by atoms with Crippen molar-refractivity contribution in [2.45, 2.75) is 64.0 Å². The normalized spacial score (nSPS) is 25.2. The van der Waals surface area contributed by atoms with Crippen LogP contribution in [0.3, 0.4) is 0 Å². The minimum Gasteiger partial charge on any atom is -0.391 e. The molecule has 2 heteroatoms. The van der Waals surface area contributed by atoms with Crippen LogP contribution in [0.4, 0.5) is 0 Å². The molecule has 1 aliphatic rings. The summed E-state index contributed by atoms with van der Waals surface area (Å²) in [6, 6.07) is 0. The SMILES string of the molecule is CCC(C)(C(O)C1CCCCC1)N(C)C. The van der Waals surface area contributed by atoms with Crippen molar-refractivity contribution in [3.63, 3.8) is 0 Å². The minimum absolute atomic E-state index is 0.0536. The molecule has 1 saturated carbocycles. The zero-order valence-electron chi connectivity index (χ0n) is 10.8. The van der Waals surface area contributed by atoms with Crippen LogP contribution in [-0.2, 0) is 0 Å². The van der Waals surface area contributed by atoms with Crippen LogP contribution < -0.4 is 0 Å². The fourth-order valence-corrected chi connectivity index (χ4v) is 2.75. The number of nitrogens with zero attached hydrogens (tertiary/aromatic N) is 1. The van der Waals surface area contributed by atoms with Crippen molar-refractivity contribution < 1.29 is 5.11 Å². The minimum atomic E-state index is -0.169. The summed E-state index contributed by atoms with van der Waals surface area (Å²) in [6.07, 6.45) is 7.22. The van der Waals surface area contributed by atoms with Crippen molar-refractivity contribution in [2.75, 3.05) is 14.1 Å². The van der Waals surface area contributed by atoms with Gasteiger partial charge in [0.05, 0.1) is 6.10 Å². The molecule has 0 aliphatic heterocycles. The third kappa shape index (κ3) is 2.73. The van der Waals surface area contributed by atoms with E-state index in [0.29, 0.717) is 5.92 Å². The second-order valence-corrected chi connectivity index (χ2v) is 5.45. The molecule has 0 aromatic rings. The zero-order valence-corrected chi connectivity index (χ0v) is 10.8. The molecule has 0 amide bonds. The molecule has 90 valence electrons. The van der Waals surface area contributed by atoms with Gasteiger partial charge in [0.2, 0.25) is 0 Å². The number of likely N-dealkylation sites (N-methyl/N-ethyl adjacent to an activating group) is 1. The zero-order chi connectivity index (χ0) is 11.5. The van der Waals surface area contributed by atoms with Crippen LogP contribution in [0.15, 0.2) is 0 Å². The summed E-state index contributed by atoms with van der Waals surface area (Å²) in [5.41, 5.74) is -0.0536. The highest BCUT2D eigenvalue weighted by molar-refractivity contribution is 4.93. The Balaban J connectivity index is 2.66. The maximum Gasteiger partial charge on any atom is 0.0748 e. The topological polar surface area (TPSA) is 23.5 Å². The molecule has 0 radical (unpaired) electrons. The van der Waals surface area contributed by atoms with Crippen LogP contribution in [0.1, 0.15) is 52.4 Å². The number of aliphatic hydroxyl groups is 1. The van der Waals surface area contributed by atoms with Crippen LogP contribution in [0.5, 0.6) is 0 Å². The maximum atomic E-state index is 10.5. The maximum absolute atomic E-state index is 10.5. The molecule has 1 rings (SSSR count). The third-order valence-electron chi connectivity index (χ3n) is 4.47. The van der Waals surface area contributed by atoms with Gasteiger partial charge in [-0.15, -0.1) is 0 Å². The Morgan fingerprint density at radius 3 is 2.20 bits per heavy atom. The van der Waals surface area contributed by atoms with Crippen molar-refractivity contribution in [1.29, 1.82) is 0 Å². The predicted octanol–water partition coefficient (Wildman–Crippen LogP) is 2.66. The average molecular weight is 213 g/mol. The Morgan fingerprint density at radius 2 is 1.80 bits per heavy atom. The van der Waals surface area contributed by atoms with Gasteiger partial charge in [-0.25, -0.2) is 0 Å². The van der Waals surface area contributed by atoms with E-state index in [1.165, 1.54) is 32.1 Å². The molecular weight excluding hydrogens is 186 g/mol. The van der Waals surface area contributed by atoms with Gasteiger partial charge >= 0.3 is 0 Å². The summed E-state index contributed by atoms with van der Waals surface area (Å²) < 4.78 is 0. The lowest BCUT2D eigenvalue weighted by atomic mass is 9.76. The standard InChI is InChI=1S/C13H27NO/c1-5-13(2,14(3)4)12(15)11-9-7-6-8-10-11/h11-12,15H,5-10H2,1-4H3. The molecule has 1 fully saturated rings. The number of hydrogen-bond acceptors (Lipinski definition) is 2. The highest BCUT2D eigenvalue weighted by atomic mass is 16.3. The first-order valence-corrected chi connectivity index (χ1v) is 6.38. The Kier molecular flexibility index (Phi) is 4.60. The van der Waals surface area contributed by atoms with E-state index in [2.05, 4.69) is 32.8 Å². The van der Waals surface area contributed by atoms with Gasteiger partial charge in [0.1, 0.15) is 0 Å². The summed E-state index contributed by atoms with van der Waals surface area (Å²) in [6.45, 7) is 4.36. The molecule has 1 aliphatic carbocycles. The highest BCUT2D eigenvalue weighted by Crippen LogP contribution is 2.34. The second kappa shape index (κ2) is 5.31. The number of hydrogen-bond donors (Lipinski definition) is 1. The van der Waals surface area contributed by atoms with E-state index < -0.39 is 0 Å². The van der Waals surface area contributed by atoms with Crippen molar-refractivity contribution in [2.24, 2.45) is 5.92 Å². The molecule has 0 aromatic carbocycles. The summed E-state index contributed by atoms with van der Waals surface area (Å²) in [5.74, 6) is 0.520. The summed E-state index contributed by atoms with van der Waals surface area (Å²) in [4.78, 5) is 2.19. The van der Waals surface area contributed by atoms with Gasteiger partial charge in [0.25, 0.3) is 0 Å². The number of aliphatic hydroxyl groups excluding tert-OH is 1. The fourth-order valence-electron chi connectivity index (χ4n) is 2.75. The van der Waals surface area contributed by atoms with E-state index in [1.54, 1.807) is 0 Å². The van der Waals surface area contributed by atoms with Crippen molar-refractivity contribution in [1.82, 2.24) is 4.90 Å². The monoisotopic (exact) mass is 213 g/mol. The molecule has 0 saturated heterocycles. The summed E-state index contributed by atoms with van der Waals surface area (Å²) in [5, 5.41) is 10.5. The van der Waals surface area contributed by atoms with E-state index in [0.717, 1.165) is 6.42 Å². The molecule has 2 unspecified atom stereocenters. The van der Waals surface area contributed by atoms with Crippen molar-refractivity contribution >= 4 is 0 Å². The van der Waals surface area contributed by atoms with Gasteiger partial charge < -0.3 is 10.0 Å². The molecule has 2 atom stereocenters. The molecule has 0 aromatic heterocycles. The van der Waals surface area contributed by atoms with Crippen molar-refractivity contribution in [3.05, 3.63) is 0 Å². The van der Waals surface area contributed by atoms with E-state index >= 15 is 0 Å². The molecule has 2 nitrogen and oxygen atoms in total. The predicted molar refractivity (Wildman–Crippen MR) is 65.0 cm³/mol. The molecule has 0 spiro atoms. The van der Waals surface area contributed by atoms with Crippen molar-refractivity contribution in [3.8, 4) is 0 Å². The van der Waals surface area contributed by atoms with E-state index in [1.807, 2.05) is 0 Å². The molecule has 15 heavy (non-hydrogen) atoms. The lowest BCUT2D eigenvalue weighted by Gasteiger charge is -2.44. The Labute approximate surface area is 94.7 Å². The molecule has 0 heterocycles. The highest BCUT2D eigenvalue weighted by Gasteiger charge is 2.38. The van der Waals surface area contributed by atoms with E-state index in [-0.39, 0.29) is 11.6 Å². The first kappa shape index (κ1) is 13.0. The third-order valence-corrected chi connectivity index (χ3v) is 4.47. The molecular formula is C13H27NO. The lowest BCUT2D eigenvalue weighted by Crippen LogP contribution is -2.54. The summed E-state index contributed by atoms with van der Waals surface area (Å²) in [7, 11) is 4.16. The fraction of sp³-hybridized carbons (Fsp3) is 1.00. The van der Waals surface area contributed by atoms with Gasteiger partial charge in [0, 0.05) is 5.54 Å². The Bertz CT molecular complexity index is 187. The van der Waals surface area contributed by atoms with Crippen LogP contribution in [0.25, 0.3) is 0 Å². The second-order valence-electron chi connectivity index (χ2n) is 5.45. The van der Waals surface area contributed by atoms with Crippen LogP contribution in [0.2, 0.25) is 0 Å². The quantitative estimate of drug-likeness (QED) is 0.776. The molecule has 0 bridgehead atoms. The first-order chi connectivity index (χ1) is 7.02. The van der Waals surface area contributed by atoms with Crippen LogP contribution in [0, 0.1) is 5.92 Å². The van der Waals surface area contributed by atoms with Crippen LogP contribution >= 0.6 is 0 Å². The number of rotatable bonds is 4. The smallest absolute Gasteiger partial charge is 0.0748 e. The van der Waals surface area contributed by atoms with E-state index in [4.69, 9.17) is 0 Å². The van der Waals surface area contributed by atoms with Crippen LogP contribution in [-0.4, -0.2) is 35.7 Å². The Morgan fingerprint density at radius 1 is 1.27 bits per heavy atom. The first-order valence-electron chi connectivity index (χ1n) is 6.38. The van der Waals surface area contributed by atoms with Gasteiger partial charge in [-0.05, 0) is 46.2 Å². The lowest BCUT2D eigenvalue weighted by molar-refractivity contribution is -0.0430. The average Bonchev–Trinajstić information content (AvgIpc) is 2.28. The van der Waals surface area contributed by atoms with Gasteiger partial charge in [-0.3, -0.25) is 0 Å². The Hall–Kier alpha value is -0.0800. The summed E-state index contributed by atoms with van der Waals surface area (Å²) >= 11 is 0. The molecule has 1 N–H and O–H groups in total. The van der Waals surface area contributed by atoms with Gasteiger partial charge in [-0.2, -0.15) is 0 Å². The van der Waals surface area contributed by atoms with Gasteiger partial charge in [-0.1, -0.05) is 26.2 Å². The van der Waals surface area contributed by atoms with E-state index in [9.17, 15) is 5.11 Å². The largest absolute Gasteiger partial charge is 0.391 e.